The van der Waals surface area contributed by atoms with E-state index < -0.39 is 11.6 Å². The molecule has 2 atom stereocenters. The van der Waals surface area contributed by atoms with Crippen molar-refractivity contribution in [2.75, 3.05) is 6.54 Å². The molecule has 1 amide bonds. The average molecular weight is 293 g/mol. The molecule has 3 rings (SSSR count). The molecule has 1 saturated carbocycles. The van der Waals surface area contributed by atoms with E-state index in [4.69, 9.17) is 0 Å². The Morgan fingerprint density at radius 3 is 2.67 bits per heavy atom. The Morgan fingerprint density at radius 1 is 1.24 bits per heavy atom. The Kier molecular flexibility index (Phi) is 3.12. The molecule has 1 aromatic rings. The molecule has 0 spiro atoms. The summed E-state index contributed by atoms with van der Waals surface area (Å²) in [6, 6.07) is 3.93. The molecule has 2 bridgehead atoms. The molecule has 0 radical (unpaired) electrons. The van der Waals surface area contributed by atoms with Gasteiger partial charge in [-0.25, -0.2) is 8.78 Å². The first-order valence-electron chi connectivity index (χ1n) is 7.46. The van der Waals surface area contributed by atoms with Crippen LogP contribution in [-0.2, 0) is 0 Å². The second kappa shape index (κ2) is 4.52. The monoisotopic (exact) mass is 293 g/mol. The van der Waals surface area contributed by atoms with E-state index in [1.807, 2.05) is 0 Å². The van der Waals surface area contributed by atoms with Crippen molar-refractivity contribution in [3.8, 4) is 0 Å². The van der Waals surface area contributed by atoms with Gasteiger partial charge in [0.05, 0.1) is 5.56 Å². The fourth-order valence-electron chi connectivity index (χ4n) is 4.52. The van der Waals surface area contributed by atoms with Crippen LogP contribution in [0.15, 0.2) is 18.2 Å². The number of halogens is 2. The van der Waals surface area contributed by atoms with Gasteiger partial charge in [-0.2, -0.15) is 0 Å². The first kappa shape index (κ1) is 14.5. The Balaban J connectivity index is 1.92. The third-order valence-electron chi connectivity index (χ3n) is 4.86. The molecule has 1 aliphatic carbocycles. The quantitative estimate of drug-likeness (QED) is 0.766. The van der Waals surface area contributed by atoms with E-state index >= 15 is 0 Å². The van der Waals surface area contributed by atoms with E-state index in [9.17, 15) is 13.6 Å². The summed E-state index contributed by atoms with van der Waals surface area (Å²) < 4.78 is 27.2. The van der Waals surface area contributed by atoms with Crippen molar-refractivity contribution in [1.29, 1.82) is 0 Å². The lowest BCUT2D eigenvalue weighted by molar-refractivity contribution is 0.0702. The second-order valence-corrected chi connectivity index (χ2v) is 7.75. The summed E-state index contributed by atoms with van der Waals surface area (Å²) in [7, 11) is 0. The molecule has 2 nitrogen and oxygen atoms in total. The van der Waals surface area contributed by atoms with Crippen molar-refractivity contribution in [3.05, 3.63) is 35.4 Å². The number of amides is 1. The van der Waals surface area contributed by atoms with Crippen LogP contribution in [0.25, 0.3) is 0 Å². The molecule has 2 fully saturated rings. The van der Waals surface area contributed by atoms with Crippen LogP contribution < -0.4 is 0 Å². The van der Waals surface area contributed by atoms with Crippen LogP contribution in [0.2, 0.25) is 0 Å². The van der Waals surface area contributed by atoms with Gasteiger partial charge in [0.15, 0.2) is 11.6 Å². The molecule has 1 saturated heterocycles. The minimum Gasteiger partial charge on any atom is -0.335 e. The van der Waals surface area contributed by atoms with Gasteiger partial charge in [0.25, 0.3) is 5.91 Å². The van der Waals surface area contributed by atoms with Crippen LogP contribution in [0.5, 0.6) is 0 Å². The van der Waals surface area contributed by atoms with E-state index in [0.29, 0.717) is 6.54 Å². The fraction of sp³-hybridized carbons (Fsp3) is 0.588. The van der Waals surface area contributed by atoms with Crippen LogP contribution in [0.1, 0.15) is 50.4 Å². The summed E-state index contributed by atoms with van der Waals surface area (Å²) in [4.78, 5) is 14.4. The number of likely N-dealkylation sites (tertiary alicyclic amines) is 1. The summed E-state index contributed by atoms with van der Waals surface area (Å²) in [5.74, 6) is -2.37. The number of rotatable bonds is 1. The number of hydrogen-bond acceptors (Lipinski definition) is 1. The van der Waals surface area contributed by atoms with Crippen molar-refractivity contribution in [3.63, 3.8) is 0 Å². The van der Waals surface area contributed by atoms with E-state index in [-0.39, 0.29) is 28.3 Å². The van der Waals surface area contributed by atoms with Crippen molar-refractivity contribution in [1.82, 2.24) is 4.90 Å². The molecule has 1 aliphatic heterocycles. The standard InChI is InChI=1S/C17H21F2NO/c1-16(2)7-11-8-17(3,9-16)10-20(11)15(21)12-5-4-6-13(18)14(12)19/h4-6,11H,7-10H2,1-3H3. The molecular formula is C17H21F2NO. The van der Waals surface area contributed by atoms with Gasteiger partial charge in [-0.05, 0) is 42.2 Å². The van der Waals surface area contributed by atoms with Crippen LogP contribution in [0, 0.1) is 22.5 Å². The van der Waals surface area contributed by atoms with Gasteiger partial charge < -0.3 is 4.90 Å². The zero-order valence-electron chi connectivity index (χ0n) is 12.7. The molecule has 1 heterocycles. The van der Waals surface area contributed by atoms with Gasteiger partial charge in [-0.15, -0.1) is 0 Å². The minimum atomic E-state index is -1.03. The SMILES string of the molecule is CC1(C)CC2CC(C)(CN2C(=O)c2cccc(F)c2F)C1. The van der Waals surface area contributed by atoms with E-state index in [2.05, 4.69) is 20.8 Å². The minimum absolute atomic E-state index is 0.0892. The molecule has 0 aromatic heterocycles. The number of carbonyl (C=O) groups is 1. The molecule has 114 valence electrons. The Labute approximate surface area is 124 Å². The molecule has 2 aliphatic rings. The third kappa shape index (κ3) is 2.45. The number of nitrogens with zero attached hydrogens (tertiary/aromatic N) is 1. The zero-order chi connectivity index (χ0) is 15.4. The van der Waals surface area contributed by atoms with Gasteiger partial charge in [0.2, 0.25) is 0 Å². The molecular weight excluding hydrogens is 272 g/mol. The summed E-state index contributed by atoms with van der Waals surface area (Å²) in [6.45, 7) is 7.26. The summed E-state index contributed by atoms with van der Waals surface area (Å²) in [6.07, 6.45) is 2.94. The Morgan fingerprint density at radius 2 is 1.95 bits per heavy atom. The summed E-state index contributed by atoms with van der Waals surface area (Å²) in [5, 5.41) is 0. The molecule has 1 aromatic carbocycles. The highest BCUT2D eigenvalue weighted by Crippen LogP contribution is 2.52. The van der Waals surface area contributed by atoms with Crippen LogP contribution >= 0.6 is 0 Å². The van der Waals surface area contributed by atoms with Crippen molar-refractivity contribution in [2.45, 2.75) is 46.1 Å². The van der Waals surface area contributed by atoms with E-state index in [0.717, 1.165) is 25.3 Å². The molecule has 4 heteroatoms. The van der Waals surface area contributed by atoms with Crippen molar-refractivity contribution >= 4 is 5.91 Å². The predicted octanol–water partition coefficient (Wildman–Crippen LogP) is 4.01. The smallest absolute Gasteiger partial charge is 0.257 e. The largest absolute Gasteiger partial charge is 0.335 e. The lowest BCUT2D eigenvalue weighted by atomic mass is 9.65. The predicted molar refractivity (Wildman–Crippen MR) is 76.9 cm³/mol. The molecule has 0 N–H and O–H groups in total. The van der Waals surface area contributed by atoms with Gasteiger partial charge >= 0.3 is 0 Å². The normalized spacial score (nSPS) is 30.5. The molecule has 2 unspecified atom stereocenters. The van der Waals surface area contributed by atoms with Gasteiger partial charge in [0.1, 0.15) is 0 Å². The maximum absolute atomic E-state index is 13.9. The van der Waals surface area contributed by atoms with E-state index in [1.165, 1.54) is 12.1 Å². The Bertz CT molecular complexity index is 598. The number of fused-ring (bicyclic) bond motifs is 2. The lowest BCUT2D eigenvalue weighted by Gasteiger charge is -2.39. The van der Waals surface area contributed by atoms with Crippen molar-refractivity contribution in [2.24, 2.45) is 10.8 Å². The number of carbonyl (C=O) groups excluding carboxylic acids is 1. The fourth-order valence-corrected chi connectivity index (χ4v) is 4.52. The van der Waals surface area contributed by atoms with Gasteiger partial charge in [-0.3, -0.25) is 4.79 Å². The van der Waals surface area contributed by atoms with E-state index in [1.54, 1.807) is 4.90 Å². The third-order valence-corrected chi connectivity index (χ3v) is 4.86. The zero-order valence-corrected chi connectivity index (χ0v) is 12.7. The number of hydrogen-bond donors (Lipinski definition) is 0. The Hall–Kier alpha value is -1.45. The highest BCUT2D eigenvalue weighted by molar-refractivity contribution is 5.95. The lowest BCUT2D eigenvalue weighted by Crippen LogP contribution is -2.38. The summed E-state index contributed by atoms with van der Waals surface area (Å²) in [5.41, 5.74) is 0.128. The van der Waals surface area contributed by atoms with Crippen LogP contribution in [-0.4, -0.2) is 23.4 Å². The first-order valence-corrected chi connectivity index (χ1v) is 7.46. The highest BCUT2D eigenvalue weighted by Gasteiger charge is 2.51. The first-order chi connectivity index (χ1) is 9.71. The van der Waals surface area contributed by atoms with Crippen LogP contribution in [0.3, 0.4) is 0 Å². The molecule has 21 heavy (non-hydrogen) atoms. The maximum Gasteiger partial charge on any atom is 0.257 e. The van der Waals surface area contributed by atoms with Gasteiger partial charge in [-0.1, -0.05) is 26.8 Å². The average Bonchev–Trinajstić information content (AvgIpc) is 2.61. The topological polar surface area (TPSA) is 20.3 Å². The number of benzene rings is 1. The summed E-state index contributed by atoms with van der Waals surface area (Å²) >= 11 is 0. The second-order valence-electron chi connectivity index (χ2n) is 7.75. The van der Waals surface area contributed by atoms with Gasteiger partial charge in [0, 0.05) is 12.6 Å². The van der Waals surface area contributed by atoms with Crippen molar-refractivity contribution < 1.29 is 13.6 Å². The highest BCUT2D eigenvalue weighted by atomic mass is 19.2. The van der Waals surface area contributed by atoms with Crippen LogP contribution in [0.4, 0.5) is 8.78 Å². The maximum atomic E-state index is 13.9.